The summed E-state index contributed by atoms with van der Waals surface area (Å²) in [6.07, 6.45) is -2.12. The maximum Gasteiger partial charge on any atom is 0.420 e. The molecule has 0 spiro atoms. The number of carbonyl (C=O) groups is 1. The maximum absolute atomic E-state index is 11.7. The van der Waals surface area contributed by atoms with Crippen LogP contribution in [0.2, 0.25) is 0 Å². The third kappa shape index (κ3) is 2.08. The quantitative estimate of drug-likeness (QED) is 0.578. The van der Waals surface area contributed by atoms with E-state index in [1.807, 2.05) is 0 Å². The molecule has 2 unspecified atom stereocenters. The molecule has 0 saturated carbocycles. The van der Waals surface area contributed by atoms with Gasteiger partial charge in [-0.1, -0.05) is 18.2 Å². The summed E-state index contributed by atoms with van der Waals surface area (Å²) in [4.78, 5) is 22.7. The molecule has 18 heavy (non-hydrogen) atoms. The molecule has 0 radical (unpaired) electrons. The standard InChI is InChI=1S/C11H9N3O4/c12-6-8-7-13(10(8)14(16)17)11(15)18-9-4-2-1-3-5-9/h1-5,8,10H,7H2. The normalized spacial score (nSPS) is 21.6. The highest BCUT2D eigenvalue weighted by atomic mass is 16.6. The molecule has 2 rings (SSSR count). The summed E-state index contributed by atoms with van der Waals surface area (Å²) in [5.41, 5.74) is 0. The van der Waals surface area contributed by atoms with E-state index in [4.69, 9.17) is 10.00 Å². The summed E-state index contributed by atoms with van der Waals surface area (Å²) in [6.45, 7) is 0.0216. The molecule has 0 bridgehead atoms. The van der Waals surface area contributed by atoms with Gasteiger partial charge in [0.05, 0.1) is 12.6 Å². The Bertz CT molecular complexity index is 511. The van der Waals surface area contributed by atoms with Crippen LogP contribution in [0, 0.1) is 27.4 Å². The molecule has 1 fully saturated rings. The van der Waals surface area contributed by atoms with E-state index in [9.17, 15) is 14.9 Å². The predicted octanol–water partition coefficient (Wildman–Crippen LogP) is 1.24. The zero-order valence-electron chi connectivity index (χ0n) is 9.22. The summed E-state index contributed by atoms with van der Waals surface area (Å²) in [6, 6.07) is 10.1. The average molecular weight is 247 g/mol. The van der Waals surface area contributed by atoms with Crippen molar-refractivity contribution in [2.45, 2.75) is 6.17 Å². The van der Waals surface area contributed by atoms with Gasteiger partial charge in [0.2, 0.25) is 0 Å². The van der Waals surface area contributed by atoms with Gasteiger partial charge in [0.25, 0.3) is 0 Å². The molecule has 0 aliphatic carbocycles. The van der Waals surface area contributed by atoms with Crippen molar-refractivity contribution < 1.29 is 14.5 Å². The highest BCUT2D eigenvalue weighted by molar-refractivity contribution is 5.72. The fourth-order valence-corrected chi connectivity index (χ4v) is 1.69. The number of amides is 1. The third-order valence-electron chi connectivity index (χ3n) is 2.64. The van der Waals surface area contributed by atoms with Crippen molar-refractivity contribution in [1.82, 2.24) is 4.90 Å². The van der Waals surface area contributed by atoms with Gasteiger partial charge in [-0.3, -0.25) is 10.1 Å². The molecular weight excluding hydrogens is 238 g/mol. The number of hydrogen-bond acceptors (Lipinski definition) is 5. The molecule has 1 saturated heterocycles. The van der Waals surface area contributed by atoms with Crippen LogP contribution in [0.4, 0.5) is 4.79 Å². The smallest absolute Gasteiger partial charge is 0.410 e. The Morgan fingerprint density at radius 2 is 2.17 bits per heavy atom. The first-order valence-electron chi connectivity index (χ1n) is 5.20. The topological polar surface area (TPSA) is 96.5 Å². The van der Waals surface area contributed by atoms with E-state index in [2.05, 4.69) is 0 Å². The first-order chi connectivity index (χ1) is 8.63. The van der Waals surface area contributed by atoms with Gasteiger partial charge in [0.1, 0.15) is 5.75 Å². The Kier molecular flexibility index (Phi) is 3.10. The largest absolute Gasteiger partial charge is 0.420 e. The highest BCUT2D eigenvalue weighted by Gasteiger charge is 2.52. The van der Waals surface area contributed by atoms with E-state index >= 15 is 0 Å². The van der Waals surface area contributed by atoms with Crippen LogP contribution < -0.4 is 4.74 Å². The Hall–Kier alpha value is -2.62. The molecule has 1 aliphatic heterocycles. The molecule has 1 aromatic carbocycles. The fourth-order valence-electron chi connectivity index (χ4n) is 1.69. The van der Waals surface area contributed by atoms with Crippen LogP contribution in [-0.2, 0) is 0 Å². The number of ether oxygens (including phenoxy) is 1. The molecule has 0 aromatic heterocycles. The minimum atomic E-state index is -1.31. The SMILES string of the molecule is N#CC1CN(C(=O)Oc2ccccc2)C1[N+](=O)[O-]. The Balaban J connectivity index is 2.03. The van der Waals surface area contributed by atoms with Crippen molar-refractivity contribution in [1.29, 1.82) is 5.26 Å². The van der Waals surface area contributed by atoms with Gasteiger partial charge in [-0.15, -0.1) is 0 Å². The van der Waals surface area contributed by atoms with E-state index in [1.165, 1.54) is 0 Å². The minimum Gasteiger partial charge on any atom is -0.410 e. The van der Waals surface area contributed by atoms with E-state index in [1.54, 1.807) is 36.4 Å². The second-order valence-electron chi connectivity index (χ2n) is 3.77. The van der Waals surface area contributed by atoms with Gasteiger partial charge in [0, 0.05) is 4.92 Å². The zero-order valence-corrected chi connectivity index (χ0v) is 9.22. The lowest BCUT2D eigenvalue weighted by atomic mass is 9.98. The van der Waals surface area contributed by atoms with Crippen molar-refractivity contribution in [3.05, 3.63) is 40.4 Å². The van der Waals surface area contributed by atoms with Gasteiger partial charge in [-0.25, -0.2) is 9.69 Å². The number of nitro groups is 1. The van der Waals surface area contributed by atoms with Gasteiger partial charge in [-0.2, -0.15) is 5.26 Å². The predicted molar refractivity (Wildman–Crippen MR) is 59.1 cm³/mol. The number of rotatable bonds is 2. The van der Waals surface area contributed by atoms with E-state index < -0.39 is 23.1 Å². The van der Waals surface area contributed by atoms with Crippen LogP contribution in [0.25, 0.3) is 0 Å². The van der Waals surface area contributed by atoms with Crippen molar-refractivity contribution in [2.75, 3.05) is 6.54 Å². The molecule has 1 heterocycles. The van der Waals surface area contributed by atoms with Gasteiger partial charge < -0.3 is 4.74 Å². The van der Waals surface area contributed by atoms with Gasteiger partial charge in [0.15, 0.2) is 5.92 Å². The van der Waals surface area contributed by atoms with E-state index in [0.29, 0.717) is 5.75 Å². The Labute approximate surface area is 102 Å². The molecule has 1 amide bonds. The number of carbonyl (C=O) groups excluding carboxylic acids is 1. The third-order valence-corrected chi connectivity index (χ3v) is 2.64. The number of nitrogens with zero attached hydrogens (tertiary/aromatic N) is 3. The molecule has 1 aromatic rings. The molecular formula is C11H9N3O4. The van der Waals surface area contributed by atoms with Crippen LogP contribution in [0.15, 0.2) is 30.3 Å². The first kappa shape index (κ1) is 11.9. The highest BCUT2D eigenvalue weighted by Crippen LogP contribution is 2.26. The Morgan fingerprint density at radius 3 is 2.72 bits per heavy atom. The van der Waals surface area contributed by atoms with Crippen molar-refractivity contribution in [3.8, 4) is 11.8 Å². The molecule has 0 N–H and O–H groups in total. The number of nitriles is 1. The maximum atomic E-state index is 11.7. The fraction of sp³-hybridized carbons (Fsp3) is 0.273. The van der Waals surface area contributed by atoms with Crippen molar-refractivity contribution in [2.24, 2.45) is 5.92 Å². The molecule has 7 heteroatoms. The lowest BCUT2D eigenvalue weighted by Crippen LogP contribution is -2.62. The summed E-state index contributed by atoms with van der Waals surface area (Å²) in [7, 11) is 0. The summed E-state index contributed by atoms with van der Waals surface area (Å²) < 4.78 is 4.96. The molecule has 92 valence electrons. The second-order valence-corrected chi connectivity index (χ2v) is 3.77. The molecule has 2 atom stereocenters. The minimum absolute atomic E-state index is 0.0216. The van der Waals surface area contributed by atoms with Crippen LogP contribution in [0.5, 0.6) is 5.75 Å². The molecule has 1 aliphatic rings. The number of para-hydroxylation sites is 1. The van der Waals surface area contributed by atoms with Crippen LogP contribution >= 0.6 is 0 Å². The van der Waals surface area contributed by atoms with E-state index in [-0.39, 0.29) is 6.54 Å². The second kappa shape index (κ2) is 4.71. The Morgan fingerprint density at radius 1 is 1.50 bits per heavy atom. The number of benzene rings is 1. The summed E-state index contributed by atoms with van der Waals surface area (Å²) in [5.74, 6) is -0.465. The van der Waals surface area contributed by atoms with Crippen molar-refractivity contribution >= 4 is 6.09 Å². The average Bonchev–Trinajstić information content (AvgIpc) is 2.28. The van der Waals surface area contributed by atoms with Crippen LogP contribution in [-0.4, -0.2) is 28.6 Å². The monoisotopic (exact) mass is 247 g/mol. The zero-order chi connectivity index (χ0) is 13.1. The number of hydrogen-bond donors (Lipinski definition) is 0. The summed E-state index contributed by atoms with van der Waals surface area (Å²) >= 11 is 0. The first-order valence-corrected chi connectivity index (χ1v) is 5.20. The van der Waals surface area contributed by atoms with Gasteiger partial charge in [-0.05, 0) is 12.1 Å². The summed E-state index contributed by atoms with van der Waals surface area (Å²) in [5, 5.41) is 19.4. The lowest BCUT2D eigenvalue weighted by molar-refractivity contribution is -0.571. The van der Waals surface area contributed by atoms with Crippen molar-refractivity contribution in [3.63, 3.8) is 0 Å². The van der Waals surface area contributed by atoms with E-state index in [0.717, 1.165) is 4.90 Å². The molecule has 7 nitrogen and oxygen atoms in total. The van der Waals surface area contributed by atoms with Gasteiger partial charge >= 0.3 is 12.3 Å². The lowest BCUT2D eigenvalue weighted by Gasteiger charge is -2.36. The van der Waals surface area contributed by atoms with Crippen LogP contribution in [0.3, 0.4) is 0 Å². The number of likely N-dealkylation sites (tertiary alicyclic amines) is 1. The van der Waals surface area contributed by atoms with Crippen LogP contribution in [0.1, 0.15) is 0 Å².